The quantitative estimate of drug-likeness (QED) is 0.513. The average Bonchev–Trinajstić information content (AvgIpc) is 2.55. The Balaban J connectivity index is 2.01. The summed E-state index contributed by atoms with van der Waals surface area (Å²) in [5, 5.41) is 13.4. The number of rotatable bonds is 5. The minimum absolute atomic E-state index is 0.0856. The smallest absolute Gasteiger partial charge is 0.338 e. The van der Waals surface area contributed by atoms with E-state index in [-0.39, 0.29) is 16.9 Å². The lowest BCUT2D eigenvalue weighted by Crippen LogP contribution is -2.22. The highest BCUT2D eigenvalue weighted by Crippen LogP contribution is 2.27. The zero-order valence-corrected chi connectivity index (χ0v) is 12.2. The number of anilines is 1. The Bertz CT molecular complexity index is 746. The number of ether oxygens (including phenoxy) is 1. The van der Waals surface area contributed by atoms with E-state index in [0.29, 0.717) is 5.56 Å². The number of para-hydroxylation sites is 1. The van der Waals surface area contributed by atoms with Crippen LogP contribution in [-0.4, -0.2) is 28.4 Å². The number of nitrogens with zero attached hydrogens (tertiary/aromatic N) is 2. The SMILES string of the molecule is Cc1cccc([N+](=O)[O-])c1NC(=O)COC(=O)c1ccncc1. The largest absolute Gasteiger partial charge is 0.452 e. The molecule has 0 unspecified atom stereocenters. The first-order chi connectivity index (χ1) is 11.0. The van der Waals surface area contributed by atoms with Crippen molar-refractivity contribution in [1.82, 2.24) is 4.98 Å². The van der Waals surface area contributed by atoms with E-state index in [9.17, 15) is 19.7 Å². The van der Waals surface area contributed by atoms with Gasteiger partial charge in [-0.15, -0.1) is 0 Å². The molecule has 0 saturated carbocycles. The van der Waals surface area contributed by atoms with Crippen LogP contribution in [0.1, 0.15) is 15.9 Å². The predicted octanol–water partition coefficient (Wildman–Crippen LogP) is 2.09. The third-order valence-electron chi connectivity index (χ3n) is 2.96. The normalized spacial score (nSPS) is 9.96. The zero-order chi connectivity index (χ0) is 16.8. The van der Waals surface area contributed by atoms with Crippen LogP contribution in [0.25, 0.3) is 0 Å². The number of carbonyl (C=O) groups excluding carboxylic acids is 2. The van der Waals surface area contributed by atoms with Crippen molar-refractivity contribution in [1.29, 1.82) is 0 Å². The van der Waals surface area contributed by atoms with Gasteiger partial charge < -0.3 is 10.1 Å². The Morgan fingerprint density at radius 1 is 1.26 bits per heavy atom. The van der Waals surface area contributed by atoms with Crippen LogP contribution in [0.3, 0.4) is 0 Å². The van der Waals surface area contributed by atoms with E-state index in [1.54, 1.807) is 13.0 Å². The number of carbonyl (C=O) groups is 2. The fourth-order valence-electron chi connectivity index (χ4n) is 1.84. The first-order valence-electron chi connectivity index (χ1n) is 6.60. The summed E-state index contributed by atoms with van der Waals surface area (Å²) in [6.45, 7) is 1.08. The molecule has 0 fully saturated rings. The van der Waals surface area contributed by atoms with Crippen molar-refractivity contribution in [2.45, 2.75) is 6.92 Å². The first-order valence-corrected chi connectivity index (χ1v) is 6.60. The second-order valence-corrected chi connectivity index (χ2v) is 4.59. The van der Waals surface area contributed by atoms with Crippen molar-refractivity contribution in [3.8, 4) is 0 Å². The highest BCUT2D eigenvalue weighted by Gasteiger charge is 2.18. The van der Waals surface area contributed by atoms with Gasteiger partial charge >= 0.3 is 5.97 Å². The third-order valence-corrected chi connectivity index (χ3v) is 2.96. The van der Waals surface area contributed by atoms with Crippen LogP contribution in [0.15, 0.2) is 42.7 Å². The molecule has 0 aliphatic heterocycles. The molecule has 1 N–H and O–H groups in total. The van der Waals surface area contributed by atoms with Crippen LogP contribution >= 0.6 is 0 Å². The molecule has 23 heavy (non-hydrogen) atoms. The second-order valence-electron chi connectivity index (χ2n) is 4.59. The molecule has 0 saturated heterocycles. The van der Waals surface area contributed by atoms with E-state index < -0.39 is 23.4 Å². The molecular weight excluding hydrogens is 302 g/mol. The minimum atomic E-state index is -0.679. The summed E-state index contributed by atoms with van der Waals surface area (Å²) < 4.78 is 4.85. The third kappa shape index (κ3) is 4.10. The maximum Gasteiger partial charge on any atom is 0.338 e. The molecule has 0 aliphatic carbocycles. The topological polar surface area (TPSA) is 111 Å². The maximum atomic E-state index is 11.9. The summed E-state index contributed by atoms with van der Waals surface area (Å²) in [4.78, 5) is 37.7. The van der Waals surface area contributed by atoms with Gasteiger partial charge in [-0.05, 0) is 24.6 Å². The van der Waals surface area contributed by atoms with Gasteiger partial charge in [0.1, 0.15) is 5.69 Å². The molecule has 0 spiro atoms. The van der Waals surface area contributed by atoms with Crippen molar-refractivity contribution in [3.63, 3.8) is 0 Å². The first kappa shape index (κ1) is 16.1. The number of benzene rings is 1. The van der Waals surface area contributed by atoms with Crippen molar-refractivity contribution < 1.29 is 19.2 Å². The van der Waals surface area contributed by atoms with Crippen molar-refractivity contribution >= 4 is 23.3 Å². The van der Waals surface area contributed by atoms with Crippen molar-refractivity contribution in [2.24, 2.45) is 0 Å². The standard InChI is InChI=1S/C15H13N3O5/c1-10-3-2-4-12(18(21)22)14(10)17-13(19)9-23-15(20)11-5-7-16-8-6-11/h2-8H,9H2,1H3,(H,17,19). The molecular formula is C15H13N3O5. The van der Waals surface area contributed by atoms with Crippen LogP contribution in [0, 0.1) is 17.0 Å². The number of amides is 1. The molecule has 0 aliphatic rings. The Labute approximate surface area is 131 Å². The number of nitrogens with one attached hydrogen (secondary N) is 1. The highest BCUT2D eigenvalue weighted by atomic mass is 16.6. The van der Waals surface area contributed by atoms with Crippen LogP contribution in [0.4, 0.5) is 11.4 Å². The Morgan fingerprint density at radius 2 is 1.96 bits per heavy atom. The lowest BCUT2D eigenvalue weighted by molar-refractivity contribution is -0.384. The van der Waals surface area contributed by atoms with Crippen LogP contribution in [-0.2, 0) is 9.53 Å². The fraction of sp³-hybridized carbons (Fsp3) is 0.133. The van der Waals surface area contributed by atoms with Gasteiger partial charge in [0.15, 0.2) is 6.61 Å². The van der Waals surface area contributed by atoms with Gasteiger partial charge in [0.25, 0.3) is 11.6 Å². The number of pyridine rings is 1. The van der Waals surface area contributed by atoms with Crippen molar-refractivity contribution in [2.75, 3.05) is 11.9 Å². The monoisotopic (exact) mass is 315 g/mol. The highest BCUT2D eigenvalue weighted by molar-refractivity contribution is 5.97. The molecule has 0 atom stereocenters. The summed E-state index contributed by atoms with van der Waals surface area (Å²) in [6.07, 6.45) is 2.85. The van der Waals surface area contributed by atoms with Gasteiger partial charge in [0.05, 0.1) is 10.5 Å². The van der Waals surface area contributed by atoms with Gasteiger partial charge in [0, 0.05) is 18.5 Å². The van der Waals surface area contributed by atoms with Crippen molar-refractivity contribution in [3.05, 3.63) is 64.0 Å². The van der Waals surface area contributed by atoms with Gasteiger partial charge in [-0.1, -0.05) is 12.1 Å². The fourth-order valence-corrected chi connectivity index (χ4v) is 1.84. The molecule has 0 radical (unpaired) electrons. The van der Waals surface area contributed by atoms with Crippen LogP contribution in [0.2, 0.25) is 0 Å². The zero-order valence-electron chi connectivity index (χ0n) is 12.2. The van der Waals surface area contributed by atoms with E-state index in [4.69, 9.17) is 4.74 Å². The Hall–Kier alpha value is -3.29. The van der Waals surface area contributed by atoms with E-state index in [1.807, 2.05) is 0 Å². The summed E-state index contributed by atoms with van der Waals surface area (Å²) >= 11 is 0. The Morgan fingerprint density at radius 3 is 2.61 bits per heavy atom. The molecule has 1 heterocycles. The molecule has 1 aromatic heterocycles. The van der Waals surface area contributed by atoms with Gasteiger partial charge in [0.2, 0.25) is 0 Å². The lowest BCUT2D eigenvalue weighted by atomic mass is 10.1. The number of aryl methyl sites for hydroxylation is 1. The number of hydrogen-bond donors (Lipinski definition) is 1. The number of nitro groups is 1. The summed E-state index contributed by atoms with van der Waals surface area (Å²) in [5.74, 6) is -1.34. The summed E-state index contributed by atoms with van der Waals surface area (Å²) in [6, 6.07) is 7.34. The van der Waals surface area contributed by atoms with Gasteiger partial charge in [-0.3, -0.25) is 19.9 Å². The van der Waals surface area contributed by atoms with E-state index in [2.05, 4.69) is 10.3 Å². The molecule has 2 aromatic rings. The summed E-state index contributed by atoms with van der Waals surface area (Å²) in [5.41, 5.74) is 0.656. The molecule has 2 rings (SSSR count). The number of nitro benzene ring substituents is 1. The predicted molar refractivity (Wildman–Crippen MR) is 81.0 cm³/mol. The second kappa shape index (κ2) is 7.12. The van der Waals surface area contributed by atoms with Gasteiger partial charge in [-0.2, -0.15) is 0 Å². The Kier molecular flexibility index (Phi) is 4.98. The molecule has 8 nitrogen and oxygen atoms in total. The molecule has 8 heteroatoms. The van der Waals surface area contributed by atoms with Gasteiger partial charge in [-0.25, -0.2) is 4.79 Å². The molecule has 118 valence electrons. The molecule has 1 amide bonds. The minimum Gasteiger partial charge on any atom is -0.452 e. The van der Waals surface area contributed by atoms with E-state index >= 15 is 0 Å². The maximum absolute atomic E-state index is 11.9. The van der Waals surface area contributed by atoms with Crippen LogP contribution < -0.4 is 5.32 Å². The molecule has 1 aromatic carbocycles. The summed E-state index contributed by atoms with van der Waals surface area (Å²) in [7, 11) is 0. The van der Waals surface area contributed by atoms with E-state index in [1.165, 1.54) is 36.7 Å². The lowest BCUT2D eigenvalue weighted by Gasteiger charge is -2.09. The number of aromatic nitrogens is 1. The number of esters is 1. The number of hydrogen-bond acceptors (Lipinski definition) is 6. The average molecular weight is 315 g/mol. The van der Waals surface area contributed by atoms with E-state index in [0.717, 1.165) is 0 Å². The molecule has 0 bridgehead atoms. The van der Waals surface area contributed by atoms with Crippen LogP contribution in [0.5, 0.6) is 0 Å².